The highest BCUT2D eigenvalue weighted by atomic mass is 35.5. The summed E-state index contributed by atoms with van der Waals surface area (Å²) >= 11 is 12.4. The fourth-order valence-electron chi connectivity index (χ4n) is 3.39. The minimum atomic E-state index is -0.590. The zero-order valence-corrected chi connectivity index (χ0v) is 22.5. The summed E-state index contributed by atoms with van der Waals surface area (Å²) in [6.07, 6.45) is 4.79. The van der Waals surface area contributed by atoms with E-state index < -0.39 is 11.9 Å². The molecule has 0 aliphatic heterocycles. The van der Waals surface area contributed by atoms with Gasteiger partial charge in [0.2, 0.25) is 0 Å². The third kappa shape index (κ3) is 8.59. The lowest BCUT2D eigenvalue weighted by Crippen LogP contribution is -2.33. The van der Waals surface area contributed by atoms with Crippen molar-refractivity contribution < 1.29 is 19.1 Å². The van der Waals surface area contributed by atoms with Gasteiger partial charge in [0.25, 0.3) is 0 Å². The van der Waals surface area contributed by atoms with E-state index in [1.54, 1.807) is 0 Å². The fraction of sp³-hybridized carbons (Fsp3) is 0.692. The molecule has 0 saturated heterocycles. The average molecular weight is 488 g/mol. The number of rotatable bonds is 10. The van der Waals surface area contributed by atoms with Crippen molar-refractivity contribution in [2.45, 2.75) is 106 Å². The van der Waals surface area contributed by atoms with Crippen LogP contribution in [0.2, 0.25) is 10.0 Å². The Bertz CT molecular complexity index is 710. The van der Waals surface area contributed by atoms with Gasteiger partial charge in [-0.15, -0.1) is 0 Å². The van der Waals surface area contributed by atoms with Crippen LogP contribution in [0.25, 0.3) is 0 Å². The van der Waals surface area contributed by atoms with Crippen molar-refractivity contribution in [3.8, 4) is 0 Å². The third-order valence-electron chi connectivity index (χ3n) is 5.57. The average Bonchev–Trinajstić information content (AvgIpc) is 2.67. The molecule has 4 nitrogen and oxygen atoms in total. The molecule has 0 aliphatic carbocycles. The summed E-state index contributed by atoms with van der Waals surface area (Å²) in [5, 5.41) is 0.378. The summed E-state index contributed by atoms with van der Waals surface area (Å²) in [6.45, 7) is 16.4. The number of carbonyl (C=O) groups is 2. The summed E-state index contributed by atoms with van der Waals surface area (Å²) in [7, 11) is 0. The number of hydrogen-bond donors (Lipinski definition) is 0. The van der Waals surface area contributed by atoms with Crippen molar-refractivity contribution in [2.75, 3.05) is 0 Å². The Labute approximate surface area is 204 Å². The molecule has 2 atom stereocenters. The smallest absolute Gasteiger partial charge is 0.339 e. The van der Waals surface area contributed by atoms with Crippen LogP contribution in [0.5, 0.6) is 0 Å². The van der Waals surface area contributed by atoms with Crippen molar-refractivity contribution in [2.24, 2.45) is 10.8 Å². The van der Waals surface area contributed by atoms with Crippen molar-refractivity contribution in [3.63, 3.8) is 0 Å². The molecule has 0 amide bonds. The molecule has 1 aromatic rings. The van der Waals surface area contributed by atoms with E-state index in [1.165, 1.54) is 12.1 Å². The van der Waals surface area contributed by atoms with Gasteiger partial charge in [-0.1, -0.05) is 104 Å². The first-order chi connectivity index (χ1) is 14.7. The van der Waals surface area contributed by atoms with Crippen LogP contribution >= 0.6 is 23.2 Å². The minimum absolute atomic E-state index is 0.0818. The molecule has 0 bridgehead atoms. The van der Waals surface area contributed by atoms with Crippen molar-refractivity contribution in [3.05, 3.63) is 33.3 Å². The quantitative estimate of drug-likeness (QED) is 0.310. The second-order valence-electron chi connectivity index (χ2n) is 10.6. The van der Waals surface area contributed by atoms with E-state index in [9.17, 15) is 9.59 Å². The molecule has 0 fully saturated rings. The van der Waals surface area contributed by atoms with Crippen LogP contribution in [0.1, 0.15) is 115 Å². The molecule has 2 unspecified atom stereocenters. The lowest BCUT2D eigenvalue weighted by Gasteiger charge is -2.31. The molecule has 32 heavy (non-hydrogen) atoms. The summed E-state index contributed by atoms with van der Waals surface area (Å²) < 4.78 is 11.8. The largest absolute Gasteiger partial charge is 0.458 e. The number of ether oxygens (including phenoxy) is 2. The van der Waals surface area contributed by atoms with E-state index in [2.05, 4.69) is 13.8 Å². The third-order valence-corrected chi connectivity index (χ3v) is 6.29. The Hall–Kier alpha value is -1.26. The first-order valence-corrected chi connectivity index (χ1v) is 12.4. The normalized spacial score (nSPS) is 14.1. The first-order valence-electron chi connectivity index (χ1n) is 11.6. The van der Waals surface area contributed by atoms with Crippen LogP contribution in [0.15, 0.2) is 12.1 Å². The minimum Gasteiger partial charge on any atom is -0.458 e. The van der Waals surface area contributed by atoms with Crippen molar-refractivity contribution in [1.82, 2.24) is 0 Å². The molecule has 0 radical (unpaired) electrons. The maximum atomic E-state index is 13.2. The zero-order valence-electron chi connectivity index (χ0n) is 20.9. The number of esters is 2. The maximum Gasteiger partial charge on any atom is 0.339 e. The Morgan fingerprint density at radius 3 is 1.31 bits per heavy atom. The van der Waals surface area contributed by atoms with Crippen LogP contribution in [-0.4, -0.2) is 24.1 Å². The molecule has 6 heteroatoms. The second kappa shape index (κ2) is 12.3. The number of halogens is 2. The lowest BCUT2D eigenvalue weighted by molar-refractivity contribution is -0.0106. The lowest BCUT2D eigenvalue weighted by atomic mass is 9.86. The second-order valence-corrected chi connectivity index (χ2v) is 11.4. The molecular weight excluding hydrogens is 447 g/mol. The number of carbonyl (C=O) groups excluding carboxylic acids is 2. The molecule has 0 aliphatic rings. The fourth-order valence-corrected chi connectivity index (χ4v) is 3.71. The van der Waals surface area contributed by atoms with Gasteiger partial charge in [0.1, 0.15) is 12.2 Å². The van der Waals surface area contributed by atoms with Gasteiger partial charge in [0, 0.05) is 0 Å². The van der Waals surface area contributed by atoms with E-state index in [0.29, 0.717) is 0 Å². The summed E-state index contributed by atoms with van der Waals surface area (Å²) in [4.78, 5) is 26.4. The van der Waals surface area contributed by atoms with E-state index in [-0.39, 0.29) is 44.2 Å². The van der Waals surface area contributed by atoms with E-state index >= 15 is 0 Å². The van der Waals surface area contributed by atoms with Crippen molar-refractivity contribution in [1.29, 1.82) is 0 Å². The van der Waals surface area contributed by atoms with Crippen LogP contribution in [-0.2, 0) is 9.47 Å². The summed E-state index contributed by atoms with van der Waals surface area (Å²) in [5.74, 6) is -1.18. The molecule has 0 saturated carbocycles. The Balaban J connectivity index is 3.27. The SMILES string of the molecule is CCCCC(OC(=O)c1cc(Cl)c(Cl)cc1C(=O)OC(CCCC)C(C)(C)C)C(C)(C)C. The number of benzene rings is 1. The van der Waals surface area contributed by atoms with E-state index in [4.69, 9.17) is 32.7 Å². The zero-order chi connectivity index (χ0) is 24.7. The Morgan fingerprint density at radius 2 is 1.06 bits per heavy atom. The maximum absolute atomic E-state index is 13.2. The molecule has 1 rings (SSSR count). The molecular formula is C26H40Cl2O4. The van der Waals surface area contributed by atoms with E-state index in [1.807, 2.05) is 41.5 Å². The molecule has 0 spiro atoms. The van der Waals surface area contributed by atoms with Gasteiger partial charge in [0.05, 0.1) is 21.2 Å². The van der Waals surface area contributed by atoms with Crippen LogP contribution < -0.4 is 0 Å². The Morgan fingerprint density at radius 1 is 0.750 bits per heavy atom. The van der Waals surface area contributed by atoms with Gasteiger partial charge >= 0.3 is 11.9 Å². The highest BCUT2D eigenvalue weighted by Gasteiger charge is 2.33. The predicted molar refractivity (Wildman–Crippen MR) is 133 cm³/mol. The highest BCUT2D eigenvalue weighted by molar-refractivity contribution is 6.42. The summed E-state index contributed by atoms with van der Waals surface area (Å²) in [5.41, 5.74) is -0.310. The summed E-state index contributed by atoms with van der Waals surface area (Å²) in [6, 6.07) is 2.81. The van der Waals surface area contributed by atoms with Gasteiger partial charge < -0.3 is 9.47 Å². The van der Waals surface area contributed by atoms with E-state index in [0.717, 1.165) is 38.5 Å². The number of unbranched alkanes of at least 4 members (excludes halogenated alkanes) is 2. The van der Waals surface area contributed by atoms with Crippen LogP contribution in [0, 0.1) is 10.8 Å². The highest BCUT2D eigenvalue weighted by Crippen LogP contribution is 2.32. The molecule has 182 valence electrons. The predicted octanol–water partition coefficient (Wildman–Crippen LogP) is 8.52. The Kier molecular flexibility index (Phi) is 11.0. The van der Waals surface area contributed by atoms with Crippen LogP contribution in [0.4, 0.5) is 0 Å². The van der Waals surface area contributed by atoms with Gasteiger partial charge in [0.15, 0.2) is 0 Å². The van der Waals surface area contributed by atoms with Crippen LogP contribution in [0.3, 0.4) is 0 Å². The topological polar surface area (TPSA) is 52.6 Å². The first kappa shape index (κ1) is 28.8. The molecule has 0 N–H and O–H groups in total. The van der Waals surface area contributed by atoms with Gasteiger partial charge in [-0.05, 0) is 35.8 Å². The molecule has 1 aromatic carbocycles. The van der Waals surface area contributed by atoms with Gasteiger partial charge in [-0.2, -0.15) is 0 Å². The van der Waals surface area contributed by atoms with Crippen molar-refractivity contribution >= 4 is 35.1 Å². The monoisotopic (exact) mass is 486 g/mol. The standard InChI is InChI=1S/C26H40Cl2O4/c1-9-11-13-21(25(3,4)5)31-23(29)17-15-19(27)20(28)16-18(17)24(30)32-22(14-12-10-2)26(6,7)8/h15-16,21-22H,9-14H2,1-8H3. The molecule has 0 heterocycles. The molecule has 0 aromatic heterocycles. The van der Waals surface area contributed by atoms with Gasteiger partial charge in [-0.3, -0.25) is 0 Å². The van der Waals surface area contributed by atoms with Gasteiger partial charge in [-0.25, -0.2) is 9.59 Å². The number of hydrogen-bond acceptors (Lipinski definition) is 4.